The van der Waals surface area contributed by atoms with Gasteiger partial charge in [-0.25, -0.2) is 4.39 Å². The van der Waals surface area contributed by atoms with Crippen molar-refractivity contribution in [1.82, 2.24) is 5.32 Å². The van der Waals surface area contributed by atoms with E-state index in [0.29, 0.717) is 35.8 Å². The van der Waals surface area contributed by atoms with Crippen LogP contribution in [-0.2, 0) is 6.42 Å². The Balaban J connectivity index is 1.60. The van der Waals surface area contributed by atoms with E-state index in [0.717, 1.165) is 5.56 Å². The molecule has 27 heavy (non-hydrogen) atoms. The Morgan fingerprint density at radius 1 is 1.04 bits per heavy atom. The van der Waals surface area contributed by atoms with Crippen LogP contribution in [0.25, 0.3) is 11.3 Å². The summed E-state index contributed by atoms with van der Waals surface area (Å²) >= 11 is 0. The molecule has 0 radical (unpaired) electrons. The van der Waals surface area contributed by atoms with Crippen molar-refractivity contribution in [3.05, 3.63) is 71.7 Å². The van der Waals surface area contributed by atoms with E-state index in [1.54, 1.807) is 38.5 Å². The van der Waals surface area contributed by atoms with Gasteiger partial charge >= 0.3 is 0 Å². The lowest BCUT2D eigenvalue weighted by atomic mass is 10.1. The topological polar surface area (TPSA) is 60.7 Å². The smallest absolute Gasteiger partial charge is 0.287 e. The number of halogens is 1. The maximum absolute atomic E-state index is 13.8. The molecule has 1 heterocycles. The van der Waals surface area contributed by atoms with Gasteiger partial charge in [-0.15, -0.1) is 0 Å². The zero-order valence-electron chi connectivity index (χ0n) is 15.1. The lowest BCUT2D eigenvalue weighted by Crippen LogP contribution is -2.25. The average molecular weight is 369 g/mol. The van der Waals surface area contributed by atoms with Crippen molar-refractivity contribution in [3.8, 4) is 22.8 Å². The number of hydrogen-bond donors (Lipinski definition) is 1. The van der Waals surface area contributed by atoms with Gasteiger partial charge in [-0.05, 0) is 48.4 Å². The van der Waals surface area contributed by atoms with Crippen molar-refractivity contribution >= 4 is 5.91 Å². The van der Waals surface area contributed by atoms with Crippen molar-refractivity contribution in [2.24, 2.45) is 0 Å². The van der Waals surface area contributed by atoms with Gasteiger partial charge in [0.2, 0.25) is 0 Å². The first-order valence-electron chi connectivity index (χ1n) is 8.46. The molecule has 0 saturated heterocycles. The molecule has 0 unspecified atom stereocenters. The molecule has 1 N–H and O–H groups in total. The van der Waals surface area contributed by atoms with E-state index in [-0.39, 0.29) is 11.7 Å². The van der Waals surface area contributed by atoms with E-state index in [2.05, 4.69) is 5.32 Å². The van der Waals surface area contributed by atoms with Crippen LogP contribution < -0.4 is 14.8 Å². The molecule has 0 spiro atoms. The fourth-order valence-electron chi connectivity index (χ4n) is 2.71. The van der Waals surface area contributed by atoms with Crippen molar-refractivity contribution in [2.45, 2.75) is 6.42 Å². The molecule has 1 aromatic heterocycles. The highest BCUT2D eigenvalue weighted by atomic mass is 19.1. The summed E-state index contributed by atoms with van der Waals surface area (Å²) < 4.78 is 29.8. The number of carbonyl (C=O) groups excluding carboxylic acids is 1. The fourth-order valence-corrected chi connectivity index (χ4v) is 2.71. The number of nitrogens with one attached hydrogen (secondary N) is 1. The first kappa shape index (κ1) is 18.5. The zero-order valence-corrected chi connectivity index (χ0v) is 15.1. The van der Waals surface area contributed by atoms with Crippen LogP contribution in [0.5, 0.6) is 11.5 Å². The van der Waals surface area contributed by atoms with E-state index in [1.165, 1.54) is 12.1 Å². The number of methoxy groups -OCH3 is 2. The summed E-state index contributed by atoms with van der Waals surface area (Å²) in [5, 5.41) is 2.79. The van der Waals surface area contributed by atoms with Gasteiger partial charge in [0.15, 0.2) is 17.3 Å². The number of rotatable bonds is 7. The largest absolute Gasteiger partial charge is 0.493 e. The summed E-state index contributed by atoms with van der Waals surface area (Å²) in [4.78, 5) is 12.2. The summed E-state index contributed by atoms with van der Waals surface area (Å²) in [6.45, 7) is 0.421. The number of carbonyl (C=O) groups is 1. The van der Waals surface area contributed by atoms with Gasteiger partial charge in [0.25, 0.3) is 5.91 Å². The van der Waals surface area contributed by atoms with Crippen LogP contribution in [-0.4, -0.2) is 26.7 Å². The van der Waals surface area contributed by atoms with Crippen LogP contribution >= 0.6 is 0 Å². The maximum atomic E-state index is 13.8. The predicted octanol–water partition coefficient (Wildman–Crippen LogP) is 4.08. The molecule has 0 aliphatic rings. The first-order valence-corrected chi connectivity index (χ1v) is 8.46. The van der Waals surface area contributed by atoms with Crippen LogP contribution in [0.4, 0.5) is 4.39 Å². The molecule has 3 aromatic rings. The van der Waals surface area contributed by atoms with Crippen molar-refractivity contribution in [3.63, 3.8) is 0 Å². The Morgan fingerprint density at radius 3 is 2.56 bits per heavy atom. The molecule has 0 aliphatic carbocycles. The minimum atomic E-state index is -0.396. The second-order valence-electron chi connectivity index (χ2n) is 5.84. The van der Waals surface area contributed by atoms with Crippen molar-refractivity contribution in [1.29, 1.82) is 0 Å². The Bertz CT molecular complexity index is 935. The molecule has 5 nitrogen and oxygen atoms in total. The predicted molar refractivity (Wildman–Crippen MR) is 99.7 cm³/mol. The van der Waals surface area contributed by atoms with Gasteiger partial charge in [-0.1, -0.05) is 18.2 Å². The lowest BCUT2D eigenvalue weighted by molar-refractivity contribution is 0.0927. The summed E-state index contributed by atoms with van der Waals surface area (Å²) in [7, 11) is 3.16. The first-order chi connectivity index (χ1) is 13.1. The molecule has 140 valence electrons. The van der Waals surface area contributed by atoms with Crippen molar-refractivity contribution < 1.29 is 23.1 Å². The third-order valence-electron chi connectivity index (χ3n) is 4.12. The Kier molecular flexibility index (Phi) is 5.76. The second-order valence-corrected chi connectivity index (χ2v) is 5.84. The Morgan fingerprint density at radius 2 is 1.81 bits per heavy atom. The zero-order chi connectivity index (χ0) is 19.2. The second kappa shape index (κ2) is 8.40. The van der Waals surface area contributed by atoms with E-state index < -0.39 is 5.82 Å². The molecule has 1 amide bonds. The summed E-state index contributed by atoms with van der Waals surface area (Å²) in [6.07, 6.45) is 0.618. The number of furan rings is 1. The highest BCUT2D eigenvalue weighted by molar-refractivity contribution is 5.92. The number of benzene rings is 2. The van der Waals surface area contributed by atoms with Gasteiger partial charge in [-0.3, -0.25) is 4.79 Å². The van der Waals surface area contributed by atoms with Gasteiger partial charge in [-0.2, -0.15) is 0 Å². The monoisotopic (exact) mass is 369 g/mol. The van der Waals surface area contributed by atoms with Crippen LogP contribution in [0.3, 0.4) is 0 Å². The number of hydrogen-bond acceptors (Lipinski definition) is 4. The molecule has 0 fully saturated rings. The molecule has 0 bridgehead atoms. The van der Waals surface area contributed by atoms with Gasteiger partial charge in [0, 0.05) is 6.54 Å². The quantitative estimate of drug-likeness (QED) is 0.682. The Hall–Kier alpha value is -3.28. The summed E-state index contributed by atoms with van der Waals surface area (Å²) in [5.41, 5.74) is 1.32. The lowest BCUT2D eigenvalue weighted by Gasteiger charge is -2.09. The van der Waals surface area contributed by atoms with E-state index in [1.807, 2.05) is 18.2 Å². The maximum Gasteiger partial charge on any atom is 0.287 e. The minimum Gasteiger partial charge on any atom is -0.493 e. The average Bonchev–Trinajstić information content (AvgIpc) is 3.18. The molecule has 3 rings (SSSR count). The third-order valence-corrected chi connectivity index (χ3v) is 4.12. The van der Waals surface area contributed by atoms with Crippen LogP contribution in [0.2, 0.25) is 0 Å². The fraction of sp³-hybridized carbons (Fsp3) is 0.190. The third kappa shape index (κ3) is 4.28. The summed E-state index contributed by atoms with van der Waals surface area (Å²) in [6, 6.07) is 15.0. The SMILES string of the molecule is COc1ccc(CCNC(=O)c2ccc(-c3ccccc3F)o2)cc1OC. The van der Waals surface area contributed by atoms with Gasteiger partial charge in [0.1, 0.15) is 11.6 Å². The standard InChI is InChI=1S/C21H20FNO4/c1-25-18-8-7-14(13-20(18)26-2)11-12-23-21(24)19-10-9-17(27-19)15-5-3-4-6-16(15)22/h3-10,13H,11-12H2,1-2H3,(H,23,24). The van der Waals surface area contributed by atoms with E-state index >= 15 is 0 Å². The van der Waals surface area contributed by atoms with Crippen LogP contribution in [0.1, 0.15) is 16.1 Å². The highest BCUT2D eigenvalue weighted by Crippen LogP contribution is 2.28. The van der Waals surface area contributed by atoms with Gasteiger partial charge in [0.05, 0.1) is 19.8 Å². The summed E-state index contributed by atoms with van der Waals surface area (Å²) in [5.74, 6) is 1.01. The number of ether oxygens (including phenoxy) is 2. The molecule has 0 aliphatic heterocycles. The molecule has 0 atom stereocenters. The molecule has 2 aromatic carbocycles. The van der Waals surface area contributed by atoms with Gasteiger partial charge < -0.3 is 19.2 Å². The van der Waals surface area contributed by atoms with Crippen molar-refractivity contribution in [2.75, 3.05) is 20.8 Å². The normalized spacial score (nSPS) is 10.5. The molecule has 0 saturated carbocycles. The molecular formula is C21H20FNO4. The molecule has 6 heteroatoms. The number of amides is 1. The van der Waals surface area contributed by atoms with Crippen LogP contribution in [0.15, 0.2) is 59.0 Å². The molecular weight excluding hydrogens is 349 g/mol. The minimum absolute atomic E-state index is 0.139. The Labute approximate surface area is 156 Å². The van der Waals surface area contributed by atoms with E-state index in [9.17, 15) is 9.18 Å². The highest BCUT2D eigenvalue weighted by Gasteiger charge is 2.14. The van der Waals surface area contributed by atoms with Crippen LogP contribution in [0, 0.1) is 5.82 Å². The van der Waals surface area contributed by atoms with E-state index in [4.69, 9.17) is 13.9 Å².